The Morgan fingerprint density at radius 1 is 1.32 bits per heavy atom. The van der Waals surface area contributed by atoms with E-state index in [0.29, 0.717) is 22.6 Å². The summed E-state index contributed by atoms with van der Waals surface area (Å²) < 4.78 is 10.4. The average molecular weight is 256 g/mol. The van der Waals surface area contributed by atoms with Gasteiger partial charge in [-0.25, -0.2) is 4.79 Å². The van der Waals surface area contributed by atoms with Crippen molar-refractivity contribution >= 4 is 12.0 Å². The number of hydrogen-bond acceptors (Lipinski definition) is 4. The molecule has 0 atom stereocenters. The van der Waals surface area contributed by atoms with Crippen LogP contribution in [0.5, 0.6) is 5.75 Å². The smallest absolute Gasteiger partial charge is 0.419 e. The SMILES string of the molecule is Cc1oc(NC(=O)Oc2ccccc2)c(C#N)c1C. The number of nitrogens with zero attached hydrogens (tertiary/aromatic N) is 1. The second-order valence-electron chi connectivity index (χ2n) is 3.93. The molecule has 0 spiro atoms. The van der Waals surface area contributed by atoms with Gasteiger partial charge >= 0.3 is 6.09 Å². The molecule has 0 unspecified atom stereocenters. The van der Waals surface area contributed by atoms with Crippen LogP contribution >= 0.6 is 0 Å². The summed E-state index contributed by atoms with van der Waals surface area (Å²) in [5.74, 6) is 1.11. The standard InChI is InChI=1S/C14H12N2O3/c1-9-10(2)18-13(12(9)8-15)16-14(17)19-11-6-4-3-5-7-11/h3-7H,1-2H3,(H,16,17). The van der Waals surface area contributed by atoms with Crippen molar-refractivity contribution in [2.24, 2.45) is 0 Å². The first-order chi connectivity index (χ1) is 9.11. The van der Waals surface area contributed by atoms with Crippen molar-refractivity contribution < 1.29 is 13.9 Å². The Balaban J connectivity index is 2.12. The van der Waals surface area contributed by atoms with Crippen molar-refractivity contribution in [2.75, 3.05) is 5.32 Å². The summed E-state index contributed by atoms with van der Waals surface area (Å²) in [6, 6.07) is 10.6. The molecule has 0 aliphatic heterocycles. The van der Waals surface area contributed by atoms with Crippen LogP contribution in [0.1, 0.15) is 16.9 Å². The molecule has 1 N–H and O–H groups in total. The molecule has 19 heavy (non-hydrogen) atoms. The number of rotatable bonds is 2. The summed E-state index contributed by atoms with van der Waals surface area (Å²) in [5, 5.41) is 11.4. The molecule has 0 bridgehead atoms. The third kappa shape index (κ3) is 2.75. The molecule has 0 aliphatic rings. The quantitative estimate of drug-likeness (QED) is 0.893. The van der Waals surface area contributed by atoms with Gasteiger partial charge in [-0.3, -0.25) is 5.32 Å². The minimum Gasteiger partial charge on any atom is -0.444 e. The summed E-state index contributed by atoms with van der Waals surface area (Å²) in [7, 11) is 0. The van der Waals surface area contributed by atoms with Crippen LogP contribution in [-0.2, 0) is 0 Å². The molecule has 2 aromatic rings. The summed E-state index contributed by atoms with van der Waals surface area (Å²) >= 11 is 0. The van der Waals surface area contributed by atoms with E-state index in [1.54, 1.807) is 38.1 Å². The van der Waals surface area contributed by atoms with Crippen LogP contribution in [0.15, 0.2) is 34.7 Å². The van der Waals surface area contributed by atoms with E-state index in [2.05, 4.69) is 5.32 Å². The number of anilines is 1. The minimum atomic E-state index is -0.698. The van der Waals surface area contributed by atoms with Crippen molar-refractivity contribution in [3.05, 3.63) is 47.2 Å². The summed E-state index contributed by atoms with van der Waals surface area (Å²) in [4.78, 5) is 11.7. The molecule has 2 rings (SSSR count). The van der Waals surface area contributed by atoms with Crippen LogP contribution in [0.3, 0.4) is 0 Å². The Bertz CT molecular complexity index is 639. The lowest BCUT2D eigenvalue weighted by Gasteiger charge is -2.04. The lowest BCUT2D eigenvalue weighted by atomic mass is 10.2. The first-order valence-electron chi connectivity index (χ1n) is 5.65. The maximum atomic E-state index is 11.7. The van der Waals surface area contributed by atoms with Gasteiger partial charge in [-0.15, -0.1) is 0 Å². The van der Waals surface area contributed by atoms with Gasteiger partial charge in [0.05, 0.1) is 0 Å². The van der Waals surface area contributed by atoms with Crippen LogP contribution in [0, 0.1) is 25.2 Å². The van der Waals surface area contributed by atoms with Crippen LogP contribution in [0.2, 0.25) is 0 Å². The second kappa shape index (κ2) is 5.27. The number of nitriles is 1. The monoisotopic (exact) mass is 256 g/mol. The van der Waals surface area contributed by atoms with E-state index in [-0.39, 0.29) is 5.88 Å². The number of amides is 1. The highest BCUT2D eigenvalue weighted by Crippen LogP contribution is 2.25. The van der Waals surface area contributed by atoms with Gasteiger partial charge in [0, 0.05) is 5.56 Å². The molecule has 5 heteroatoms. The van der Waals surface area contributed by atoms with Gasteiger partial charge in [0.15, 0.2) is 0 Å². The number of benzene rings is 1. The zero-order valence-electron chi connectivity index (χ0n) is 10.6. The molecule has 0 radical (unpaired) electrons. The number of para-hydroxylation sites is 1. The van der Waals surface area contributed by atoms with Gasteiger partial charge in [-0.2, -0.15) is 5.26 Å². The average Bonchev–Trinajstić information content (AvgIpc) is 2.65. The molecule has 0 fully saturated rings. The van der Waals surface area contributed by atoms with Crippen LogP contribution in [0.25, 0.3) is 0 Å². The van der Waals surface area contributed by atoms with Crippen molar-refractivity contribution in [1.29, 1.82) is 5.26 Å². The highest BCUT2D eigenvalue weighted by atomic mass is 16.6. The van der Waals surface area contributed by atoms with Crippen molar-refractivity contribution in [3.8, 4) is 11.8 Å². The van der Waals surface area contributed by atoms with Gasteiger partial charge in [0.2, 0.25) is 5.88 Å². The number of nitrogens with one attached hydrogen (secondary N) is 1. The number of carbonyl (C=O) groups excluding carboxylic acids is 1. The molecule has 1 amide bonds. The molecule has 0 saturated carbocycles. The van der Waals surface area contributed by atoms with E-state index in [4.69, 9.17) is 14.4 Å². The van der Waals surface area contributed by atoms with Crippen LogP contribution in [0.4, 0.5) is 10.7 Å². The Morgan fingerprint density at radius 3 is 2.63 bits per heavy atom. The van der Waals surface area contributed by atoms with Crippen molar-refractivity contribution in [1.82, 2.24) is 0 Å². The van der Waals surface area contributed by atoms with Gasteiger partial charge in [0.25, 0.3) is 0 Å². The minimum absolute atomic E-state index is 0.110. The molecular formula is C14H12N2O3. The van der Waals surface area contributed by atoms with E-state index in [0.717, 1.165) is 0 Å². The fourth-order valence-electron chi connectivity index (χ4n) is 1.56. The maximum absolute atomic E-state index is 11.7. The Morgan fingerprint density at radius 2 is 2.00 bits per heavy atom. The number of hydrogen-bond donors (Lipinski definition) is 1. The van der Waals surface area contributed by atoms with Crippen molar-refractivity contribution in [3.63, 3.8) is 0 Å². The first-order valence-corrected chi connectivity index (χ1v) is 5.65. The third-order valence-electron chi connectivity index (χ3n) is 2.67. The number of furan rings is 1. The van der Waals surface area contributed by atoms with E-state index in [1.807, 2.05) is 12.1 Å². The van der Waals surface area contributed by atoms with Gasteiger partial charge in [-0.1, -0.05) is 18.2 Å². The van der Waals surface area contributed by atoms with Gasteiger partial charge < -0.3 is 9.15 Å². The molecule has 1 heterocycles. The number of aryl methyl sites for hydroxylation is 1. The van der Waals surface area contributed by atoms with E-state index >= 15 is 0 Å². The fraction of sp³-hybridized carbons (Fsp3) is 0.143. The zero-order chi connectivity index (χ0) is 13.8. The highest BCUT2D eigenvalue weighted by Gasteiger charge is 2.17. The van der Waals surface area contributed by atoms with E-state index in [1.165, 1.54) is 0 Å². The number of carbonyl (C=O) groups is 1. The van der Waals surface area contributed by atoms with E-state index in [9.17, 15) is 4.79 Å². The van der Waals surface area contributed by atoms with Gasteiger partial charge in [0.1, 0.15) is 23.1 Å². The number of ether oxygens (including phenoxy) is 1. The lowest BCUT2D eigenvalue weighted by Crippen LogP contribution is -2.16. The third-order valence-corrected chi connectivity index (χ3v) is 2.67. The predicted molar refractivity (Wildman–Crippen MR) is 69.0 cm³/mol. The maximum Gasteiger partial charge on any atom is 0.419 e. The molecule has 1 aromatic carbocycles. The zero-order valence-corrected chi connectivity index (χ0v) is 10.6. The van der Waals surface area contributed by atoms with Gasteiger partial charge in [-0.05, 0) is 26.0 Å². The molecular weight excluding hydrogens is 244 g/mol. The highest BCUT2D eigenvalue weighted by molar-refractivity contribution is 5.86. The Kier molecular flexibility index (Phi) is 3.53. The Labute approximate surface area is 110 Å². The van der Waals surface area contributed by atoms with Crippen molar-refractivity contribution in [2.45, 2.75) is 13.8 Å². The van der Waals surface area contributed by atoms with Crippen LogP contribution in [-0.4, -0.2) is 6.09 Å². The Hall–Kier alpha value is -2.74. The lowest BCUT2D eigenvalue weighted by molar-refractivity contribution is 0.214. The first kappa shape index (κ1) is 12.7. The molecule has 1 aromatic heterocycles. The largest absolute Gasteiger partial charge is 0.444 e. The molecule has 5 nitrogen and oxygen atoms in total. The fourth-order valence-corrected chi connectivity index (χ4v) is 1.56. The topological polar surface area (TPSA) is 75.3 Å². The van der Waals surface area contributed by atoms with Crippen LogP contribution < -0.4 is 10.1 Å². The molecule has 0 saturated heterocycles. The predicted octanol–water partition coefficient (Wildman–Crippen LogP) is 3.38. The molecule has 96 valence electrons. The summed E-state index contributed by atoms with van der Waals surface area (Å²) in [6.07, 6.45) is -0.698. The second-order valence-corrected chi connectivity index (χ2v) is 3.93. The normalized spacial score (nSPS) is 9.74. The van der Waals surface area contributed by atoms with E-state index < -0.39 is 6.09 Å². The summed E-state index contributed by atoms with van der Waals surface area (Å²) in [5.41, 5.74) is 1.01. The molecule has 0 aliphatic carbocycles. The summed E-state index contributed by atoms with van der Waals surface area (Å²) in [6.45, 7) is 3.48.